The monoisotopic (exact) mass is 304 g/mol. The highest BCUT2D eigenvalue weighted by Crippen LogP contribution is 2.30. The predicted octanol–water partition coefficient (Wildman–Crippen LogP) is 0.589. The highest BCUT2D eigenvalue weighted by atomic mass is 35.5. The number of hydrogen-bond donors (Lipinski definition) is 1. The van der Waals surface area contributed by atoms with Crippen molar-refractivity contribution in [1.82, 2.24) is 19.2 Å². The van der Waals surface area contributed by atoms with Gasteiger partial charge in [-0.3, -0.25) is 4.90 Å². The van der Waals surface area contributed by atoms with Crippen LogP contribution < -0.4 is 4.72 Å². The molecule has 1 aromatic heterocycles. The first-order chi connectivity index (χ1) is 8.97. The summed E-state index contributed by atoms with van der Waals surface area (Å²) in [6.45, 7) is 1.75. The Morgan fingerprint density at radius 2 is 2.16 bits per heavy atom. The first-order valence-electron chi connectivity index (χ1n) is 6.40. The maximum absolute atomic E-state index is 12.2. The average molecular weight is 305 g/mol. The summed E-state index contributed by atoms with van der Waals surface area (Å²) < 4.78 is 28.6. The standard InChI is InChI=1S/C11H17ClN4O2S/c1-15-7-13-11(10(15)12)19(17,18)14-8-4-5-16(6-8)9-2-3-9/h7-9,14H,2-6H2,1H3. The SMILES string of the molecule is Cn1cnc(S(=O)(=O)NC2CCN(C3CC3)C2)c1Cl. The van der Waals surface area contributed by atoms with E-state index in [-0.39, 0.29) is 16.2 Å². The molecule has 0 radical (unpaired) electrons. The first kappa shape index (κ1) is 13.4. The quantitative estimate of drug-likeness (QED) is 0.884. The lowest BCUT2D eigenvalue weighted by Crippen LogP contribution is -2.37. The van der Waals surface area contributed by atoms with E-state index in [0.29, 0.717) is 6.04 Å². The minimum atomic E-state index is -3.62. The molecule has 1 aliphatic heterocycles. The van der Waals surface area contributed by atoms with Gasteiger partial charge in [-0.1, -0.05) is 11.6 Å². The summed E-state index contributed by atoms with van der Waals surface area (Å²) in [5.74, 6) is 0. The van der Waals surface area contributed by atoms with Crippen molar-refractivity contribution in [1.29, 1.82) is 0 Å². The molecule has 0 aromatic carbocycles. The van der Waals surface area contributed by atoms with Crippen LogP contribution in [-0.4, -0.2) is 48.0 Å². The van der Waals surface area contributed by atoms with Crippen molar-refractivity contribution in [2.45, 2.75) is 36.4 Å². The van der Waals surface area contributed by atoms with Gasteiger partial charge in [0.25, 0.3) is 10.0 Å². The van der Waals surface area contributed by atoms with Crippen molar-refractivity contribution in [3.8, 4) is 0 Å². The second-order valence-corrected chi connectivity index (χ2v) is 7.27. The molecule has 2 heterocycles. The van der Waals surface area contributed by atoms with Gasteiger partial charge in [0.05, 0.1) is 6.33 Å². The number of nitrogens with zero attached hydrogens (tertiary/aromatic N) is 3. The number of aromatic nitrogens is 2. The van der Waals surface area contributed by atoms with E-state index in [1.54, 1.807) is 7.05 Å². The molecule has 106 valence electrons. The van der Waals surface area contributed by atoms with Gasteiger partial charge in [-0.15, -0.1) is 0 Å². The second kappa shape index (κ2) is 4.73. The van der Waals surface area contributed by atoms with Gasteiger partial charge in [0, 0.05) is 32.2 Å². The number of imidazole rings is 1. The van der Waals surface area contributed by atoms with E-state index in [4.69, 9.17) is 11.6 Å². The van der Waals surface area contributed by atoms with Gasteiger partial charge in [-0.2, -0.15) is 0 Å². The summed E-state index contributed by atoms with van der Waals surface area (Å²) in [6.07, 6.45) is 4.74. The fourth-order valence-corrected chi connectivity index (χ4v) is 4.20. The maximum atomic E-state index is 12.2. The van der Waals surface area contributed by atoms with Gasteiger partial charge in [0.1, 0.15) is 5.15 Å². The van der Waals surface area contributed by atoms with Gasteiger partial charge < -0.3 is 4.57 Å². The largest absolute Gasteiger partial charge is 0.324 e. The molecule has 0 spiro atoms. The molecule has 2 fully saturated rings. The third-order valence-electron chi connectivity index (χ3n) is 3.69. The van der Waals surface area contributed by atoms with Crippen LogP contribution in [0.25, 0.3) is 0 Å². The van der Waals surface area contributed by atoms with Crippen LogP contribution in [0.15, 0.2) is 11.4 Å². The number of likely N-dealkylation sites (tertiary alicyclic amines) is 1. The van der Waals surface area contributed by atoms with Crippen LogP contribution in [0.1, 0.15) is 19.3 Å². The van der Waals surface area contributed by atoms with E-state index in [1.165, 1.54) is 23.7 Å². The minimum Gasteiger partial charge on any atom is -0.324 e. The number of hydrogen-bond acceptors (Lipinski definition) is 4. The lowest BCUT2D eigenvalue weighted by molar-refractivity contribution is 0.322. The third kappa shape index (κ3) is 2.65. The fourth-order valence-electron chi connectivity index (χ4n) is 2.50. The van der Waals surface area contributed by atoms with Crippen molar-refractivity contribution < 1.29 is 8.42 Å². The van der Waals surface area contributed by atoms with Crippen molar-refractivity contribution in [2.75, 3.05) is 13.1 Å². The Labute approximate surface area is 117 Å². The molecule has 0 bridgehead atoms. The van der Waals surface area contributed by atoms with E-state index < -0.39 is 10.0 Å². The molecule has 1 saturated heterocycles. The lowest BCUT2D eigenvalue weighted by atomic mass is 10.3. The Balaban J connectivity index is 1.70. The molecular weight excluding hydrogens is 288 g/mol. The van der Waals surface area contributed by atoms with Crippen molar-refractivity contribution in [3.05, 3.63) is 11.5 Å². The van der Waals surface area contributed by atoms with Crippen LogP contribution in [-0.2, 0) is 17.1 Å². The van der Waals surface area contributed by atoms with Crippen LogP contribution in [0.3, 0.4) is 0 Å². The van der Waals surface area contributed by atoms with Gasteiger partial charge in [-0.05, 0) is 19.3 Å². The molecule has 1 aliphatic carbocycles. The molecule has 1 unspecified atom stereocenters. The summed E-state index contributed by atoms with van der Waals surface area (Å²) in [5, 5.41) is 0.0612. The zero-order valence-corrected chi connectivity index (χ0v) is 12.3. The molecule has 8 heteroatoms. The third-order valence-corrected chi connectivity index (χ3v) is 5.70. The maximum Gasteiger partial charge on any atom is 0.261 e. The number of sulfonamides is 1. The number of aryl methyl sites for hydroxylation is 1. The van der Waals surface area contributed by atoms with E-state index >= 15 is 0 Å². The van der Waals surface area contributed by atoms with Crippen LogP contribution in [0.4, 0.5) is 0 Å². The summed E-state index contributed by atoms with van der Waals surface area (Å²) in [6, 6.07) is 0.636. The zero-order valence-electron chi connectivity index (χ0n) is 10.7. The van der Waals surface area contributed by atoms with Crippen LogP contribution in [0, 0.1) is 0 Å². The van der Waals surface area contributed by atoms with Crippen LogP contribution in [0.5, 0.6) is 0 Å². The lowest BCUT2D eigenvalue weighted by Gasteiger charge is -2.15. The van der Waals surface area contributed by atoms with Crippen molar-refractivity contribution >= 4 is 21.6 Å². The highest BCUT2D eigenvalue weighted by molar-refractivity contribution is 7.89. The predicted molar refractivity (Wildman–Crippen MR) is 71.5 cm³/mol. The molecule has 2 aliphatic rings. The van der Waals surface area contributed by atoms with Gasteiger partial charge in [-0.25, -0.2) is 18.1 Å². The van der Waals surface area contributed by atoms with Gasteiger partial charge in [0.2, 0.25) is 5.03 Å². The van der Waals surface area contributed by atoms with E-state index in [2.05, 4.69) is 14.6 Å². The van der Waals surface area contributed by atoms with Crippen LogP contribution >= 0.6 is 11.6 Å². The van der Waals surface area contributed by atoms with Crippen molar-refractivity contribution in [2.24, 2.45) is 7.05 Å². The summed E-state index contributed by atoms with van der Waals surface area (Å²) in [4.78, 5) is 6.22. The molecule has 1 aromatic rings. The van der Waals surface area contributed by atoms with Gasteiger partial charge >= 0.3 is 0 Å². The molecule has 1 N–H and O–H groups in total. The second-order valence-electron chi connectivity index (χ2n) is 5.28. The Kier molecular flexibility index (Phi) is 3.33. The average Bonchev–Trinajstić information content (AvgIpc) is 3.01. The fraction of sp³-hybridized carbons (Fsp3) is 0.727. The molecule has 0 amide bonds. The van der Waals surface area contributed by atoms with Crippen molar-refractivity contribution in [3.63, 3.8) is 0 Å². The number of nitrogens with one attached hydrogen (secondary N) is 1. The Morgan fingerprint density at radius 1 is 1.42 bits per heavy atom. The first-order valence-corrected chi connectivity index (χ1v) is 8.26. The number of halogens is 1. The van der Waals surface area contributed by atoms with E-state index in [1.807, 2.05) is 0 Å². The highest BCUT2D eigenvalue weighted by Gasteiger charge is 2.36. The summed E-state index contributed by atoms with van der Waals surface area (Å²) in [5.41, 5.74) is 0. The smallest absolute Gasteiger partial charge is 0.261 e. The minimum absolute atomic E-state index is 0.0383. The Hall–Kier alpha value is -0.630. The zero-order chi connectivity index (χ0) is 13.6. The summed E-state index contributed by atoms with van der Waals surface area (Å²) in [7, 11) is -1.96. The van der Waals surface area contributed by atoms with E-state index in [0.717, 1.165) is 19.5 Å². The Bertz CT molecular complexity index is 582. The molecule has 1 atom stereocenters. The Morgan fingerprint density at radius 3 is 2.74 bits per heavy atom. The summed E-state index contributed by atoms with van der Waals surface area (Å²) >= 11 is 5.94. The molecule has 19 heavy (non-hydrogen) atoms. The van der Waals surface area contributed by atoms with Gasteiger partial charge in [0.15, 0.2) is 0 Å². The molecule has 1 saturated carbocycles. The molecular formula is C11H17ClN4O2S. The normalized spacial score (nSPS) is 25.1. The van der Waals surface area contributed by atoms with Crippen LogP contribution in [0.2, 0.25) is 5.15 Å². The number of rotatable bonds is 4. The van der Waals surface area contributed by atoms with E-state index in [9.17, 15) is 8.42 Å². The molecule has 6 nitrogen and oxygen atoms in total. The molecule has 3 rings (SSSR count). The topological polar surface area (TPSA) is 67.2 Å².